The lowest BCUT2D eigenvalue weighted by molar-refractivity contribution is 0.0593. The fourth-order valence-corrected chi connectivity index (χ4v) is 5.78. The summed E-state index contributed by atoms with van der Waals surface area (Å²) in [5, 5.41) is 9.01. The maximum atomic E-state index is 13.2. The molecule has 2 aromatic rings. The molecule has 5 rings (SSSR count). The monoisotopic (exact) mass is 375 g/mol. The molecule has 0 radical (unpaired) electrons. The number of ketones is 1. The Labute approximate surface area is 165 Å². The van der Waals surface area contributed by atoms with Crippen molar-refractivity contribution in [2.75, 3.05) is 13.2 Å². The normalized spacial score (nSPS) is 28.5. The second-order valence-electron chi connectivity index (χ2n) is 8.37. The summed E-state index contributed by atoms with van der Waals surface area (Å²) in [5.41, 5.74) is 4.43. The summed E-state index contributed by atoms with van der Waals surface area (Å²) in [4.78, 5) is 15.6. The van der Waals surface area contributed by atoms with Gasteiger partial charge in [-0.1, -0.05) is 0 Å². The molecule has 0 aliphatic carbocycles. The lowest BCUT2D eigenvalue weighted by atomic mass is 9.86. The summed E-state index contributed by atoms with van der Waals surface area (Å²) < 4.78 is 8.07. The second kappa shape index (κ2) is 6.58. The molecule has 3 saturated heterocycles. The fraction of sp³-hybridized carbons (Fsp3) is 0.478. The number of ether oxygens (including phenoxy) is 1. The van der Waals surface area contributed by atoms with Crippen molar-refractivity contribution in [2.24, 2.45) is 5.92 Å². The zero-order valence-electron chi connectivity index (χ0n) is 16.4. The van der Waals surface area contributed by atoms with E-state index in [4.69, 9.17) is 10.00 Å². The van der Waals surface area contributed by atoms with Crippen LogP contribution in [-0.4, -0.2) is 46.6 Å². The highest BCUT2D eigenvalue weighted by molar-refractivity contribution is 5.99. The van der Waals surface area contributed by atoms with Crippen LogP contribution < -0.4 is 0 Å². The van der Waals surface area contributed by atoms with E-state index in [9.17, 15) is 4.79 Å². The molecule has 0 spiro atoms. The molecule has 3 aliphatic heterocycles. The predicted molar refractivity (Wildman–Crippen MR) is 106 cm³/mol. The number of fused-ring (bicyclic) bond motifs is 5. The largest absolute Gasteiger partial charge is 0.376 e. The van der Waals surface area contributed by atoms with Crippen molar-refractivity contribution in [3.8, 4) is 11.8 Å². The number of aryl methyl sites for hydroxylation is 1. The minimum absolute atomic E-state index is 0.199. The molecule has 144 valence electrons. The number of rotatable bonds is 4. The smallest absolute Gasteiger partial charge is 0.178 e. The van der Waals surface area contributed by atoms with Gasteiger partial charge in [0, 0.05) is 47.2 Å². The third-order valence-electron chi connectivity index (χ3n) is 6.98. The van der Waals surface area contributed by atoms with E-state index in [2.05, 4.69) is 15.5 Å². The van der Waals surface area contributed by atoms with E-state index in [0.29, 0.717) is 36.2 Å². The van der Waals surface area contributed by atoms with E-state index in [0.717, 1.165) is 42.1 Å². The molecule has 3 aliphatic rings. The molecule has 0 unspecified atom stereocenters. The van der Waals surface area contributed by atoms with Gasteiger partial charge in [-0.3, -0.25) is 9.69 Å². The van der Waals surface area contributed by atoms with Crippen molar-refractivity contribution in [2.45, 2.75) is 51.3 Å². The molecule has 0 amide bonds. The third kappa shape index (κ3) is 2.56. The SMILES string of the molecule is Cc1cc(C(=O)CN2[C@@H]3CC[C@H]2[C@H]2CCO[C@H]23)c(C)n1-c1ccc(C#N)cc1. The summed E-state index contributed by atoms with van der Waals surface area (Å²) in [6, 6.07) is 12.6. The van der Waals surface area contributed by atoms with Crippen molar-refractivity contribution >= 4 is 5.78 Å². The zero-order chi connectivity index (χ0) is 19.4. The molecule has 28 heavy (non-hydrogen) atoms. The fourth-order valence-electron chi connectivity index (χ4n) is 5.78. The first-order chi connectivity index (χ1) is 13.6. The number of hydrogen-bond donors (Lipinski definition) is 0. The van der Waals surface area contributed by atoms with Crippen LogP contribution >= 0.6 is 0 Å². The van der Waals surface area contributed by atoms with Crippen molar-refractivity contribution in [3.63, 3.8) is 0 Å². The minimum Gasteiger partial charge on any atom is -0.376 e. The molecule has 4 atom stereocenters. The van der Waals surface area contributed by atoms with Crippen LogP contribution in [0.5, 0.6) is 0 Å². The van der Waals surface area contributed by atoms with Gasteiger partial charge in [-0.05, 0) is 63.4 Å². The number of nitriles is 1. The molecule has 4 heterocycles. The Balaban J connectivity index is 1.40. The molecule has 3 fully saturated rings. The van der Waals surface area contributed by atoms with Gasteiger partial charge >= 0.3 is 0 Å². The molecule has 5 heteroatoms. The first kappa shape index (κ1) is 17.7. The van der Waals surface area contributed by atoms with Gasteiger partial charge in [-0.25, -0.2) is 0 Å². The van der Waals surface area contributed by atoms with Crippen LogP contribution in [0, 0.1) is 31.1 Å². The number of nitrogens with zero attached hydrogens (tertiary/aromatic N) is 3. The Morgan fingerprint density at radius 2 is 1.93 bits per heavy atom. The van der Waals surface area contributed by atoms with E-state index in [1.165, 1.54) is 6.42 Å². The predicted octanol–water partition coefficient (Wildman–Crippen LogP) is 3.40. The van der Waals surface area contributed by atoms with Gasteiger partial charge < -0.3 is 9.30 Å². The summed E-state index contributed by atoms with van der Waals surface area (Å²) in [6.45, 7) is 5.41. The van der Waals surface area contributed by atoms with Gasteiger partial charge in [0.25, 0.3) is 0 Å². The third-order valence-corrected chi connectivity index (χ3v) is 6.98. The molecule has 1 aromatic heterocycles. The zero-order valence-corrected chi connectivity index (χ0v) is 16.4. The van der Waals surface area contributed by atoms with Gasteiger partial charge in [0.1, 0.15) is 0 Å². The first-order valence-electron chi connectivity index (χ1n) is 10.2. The average Bonchev–Trinajstić information content (AvgIpc) is 3.44. The summed E-state index contributed by atoms with van der Waals surface area (Å²) in [5.74, 6) is 0.822. The van der Waals surface area contributed by atoms with Crippen molar-refractivity contribution in [1.82, 2.24) is 9.47 Å². The summed E-state index contributed by atoms with van der Waals surface area (Å²) in [7, 11) is 0. The van der Waals surface area contributed by atoms with E-state index in [1.807, 2.05) is 44.2 Å². The highest BCUT2D eigenvalue weighted by Crippen LogP contribution is 2.47. The number of Topliss-reactive ketones (excluding diaryl/α,β-unsaturated/α-hetero) is 1. The molecule has 0 saturated carbocycles. The van der Waals surface area contributed by atoms with Crippen LogP contribution in [0.2, 0.25) is 0 Å². The molecular weight excluding hydrogens is 350 g/mol. The van der Waals surface area contributed by atoms with E-state index < -0.39 is 0 Å². The van der Waals surface area contributed by atoms with Crippen LogP contribution in [0.25, 0.3) is 5.69 Å². The van der Waals surface area contributed by atoms with Gasteiger partial charge in [-0.2, -0.15) is 5.26 Å². The van der Waals surface area contributed by atoms with E-state index >= 15 is 0 Å². The molecule has 1 aromatic carbocycles. The Morgan fingerprint density at radius 3 is 2.64 bits per heavy atom. The van der Waals surface area contributed by atoms with E-state index in [-0.39, 0.29) is 5.78 Å². The van der Waals surface area contributed by atoms with Crippen LogP contribution in [-0.2, 0) is 4.74 Å². The minimum atomic E-state index is 0.199. The van der Waals surface area contributed by atoms with Crippen LogP contribution in [0.4, 0.5) is 0 Å². The van der Waals surface area contributed by atoms with Gasteiger partial charge in [0.2, 0.25) is 0 Å². The van der Waals surface area contributed by atoms with Crippen molar-refractivity contribution in [1.29, 1.82) is 5.26 Å². The first-order valence-corrected chi connectivity index (χ1v) is 10.2. The number of carbonyl (C=O) groups excluding carboxylic acids is 1. The lowest BCUT2D eigenvalue weighted by Gasteiger charge is -2.23. The number of carbonyl (C=O) groups is 1. The molecule has 5 nitrogen and oxygen atoms in total. The van der Waals surface area contributed by atoms with Gasteiger partial charge in [0.15, 0.2) is 5.78 Å². The molecule has 0 N–H and O–H groups in total. The van der Waals surface area contributed by atoms with Crippen molar-refractivity contribution < 1.29 is 9.53 Å². The van der Waals surface area contributed by atoms with E-state index in [1.54, 1.807) is 0 Å². The Hall–Kier alpha value is -2.42. The lowest BCUT2D eigenvalue weighted by Crippen LogP contribution is -2.37. The number of aromatic nitrogens is 1. The average molecular weight is 375 g/mol. The number of benzene rings is 1. The van der Waals surface area contributed by atoms with Crippen LogP contribution in [0.1, 0.15) is 46.6 Å². The Bertz CT molecular complexity index is 951. The standard InChI is InChI=1S/C23H25N3O2/c1-14-11-19(15(2)26(14)17-5-3-16(12-24)4-6-17)22(27)13-25-20-7-8-21(25)23-18(20)9-10-28-23/h3-6,11,18,20-21,23H,7-10,13H2,1-2H3/t18-,20+,21-,23-/m1/s1. The maximum Gasteiger partial charge on any atom is 0.178 e. The van der Waals surface area contributed by atoms with Gasteiger partial charge in [0.05, 0.1) is 24.3 Å². The van der Waals surface area contributed by atoms with Gasteiger partial charge in [-0.15, -0.1) is 0 Å². The van der Waals surface area contributed by atoms with Crippen molar-refractivity contribution in [3.05, 3.63) is 52.8 Å². The summed E-state index contributed by atoms with van der Waals surface area (Å²) >= 11 is 0. The number of hydrogen-bond acceptors (Lipinski definition) is 4. The maximum absolute atomic E-state index is 13.2. The highest BCUT2D eigenvalue weighted by atomic mass is 16.5. The quantitative estimate of drug-likeness (QED) is 0.769. The Morgan fingerprint density at radius 1 is 1.18 bits per heavy atom. The van der Waals surface area contributed by atoms with Crippen LogP contribution in [0.3, 0.4) is 0 Å². The van der Waals surface area contributed by atoms with Crippen LogP contribution in [0.15, 0.2) is 30.3 Å². The topological polar surface area (TPSA) is 58.3 Å². The summed E-state index contributed by atoms with van der Waals surface area (Å²) in [6.07, 6.45) is 3.84. The molecule has 2 bridgehead atoms. The Kier molecular flexibility index (Phi) is 4.15. The molecular formula is C23H25N3O2. The second-order valence-corrected chi connectivity index (χ2v) is 8.37. The highest BCUT2D eigenvalue weighted by Gasteiger charge is 2.55.